The molecule has 1 rings (SSSR count). The largest absolute Gasteiger partial charge is 0.478 e. The first-order valence-electron chi connectivity index (χ1n) is 7.59. The maximum atomic E-state index is 5.74. The Morgan fingerprint density at radius 3 is 2.50 bits per heavy atom. The van der Waals surface area contributed by atoms with Crippen LogP contribution in [-0.2, 0) is 5.41 Å². The average molecular weight is 279 g/mol. The number of nitrogens with zero attached hydrogens (tertiary/aromatic N) is 2. The molecular weight excluding hydrogens is 250 g/mol. The normalized spacial score (nSPS) is 11.8. The minimum Gasteiger partial charge on any atom is -0.478 e. The zero-order valence-corrected chi connectivity index (χ0v) is 13.8. The SMILES string of the molecule is CCCCOc1cc(NCC(C)C)nc(C(C)(C)C)n1. The Morgan fingerprint density at radius 1 is 1.25 bits per heavy atom. The van der Waals surface area contributed by atoms with E-state index in [-0.39, 0.29) is 5.41 Å². The molecule has 1 heterocycles. The van der Waals surface area contributed by atoms with Crippen LogP contribution in [0.1, 0.15) is 60.2 Å². The third-order valence-corrected chi connectivity index (χ3v) is 2.81. The Kier molecular flexibility index (Phi) is 6.24. The highest BCUT2D eigenvalue weighted by Crippen LogP contribution is 2.23. The van der Waals surface area contributed by atoms with E-state index in [4.69, 9.17) is 4.74 Å². The van der Waals surface area contributed by atoms with E-state index in [2.05, 4.69) is 56.8 Å². The molecule has 4 nitrogen and oxygen atoms in total. The van der Waals surface area contributed by atoms with Crippen molar-refractivity contribution in [2.75, 3.05) is 18.5 Å². The number of nitrogens with one attached hydrogen (secondary N) is 1. The Balaban J connectivity index is 2.89. The van der Waals surface area contributed by atoms with Gasteiger partial charge in [-0.25, -0.2) is 4.98 Å². The van der Waals surface area contributed by atoms with Crippen LogP contribution >= 0.6 is 0 Å². The lowest BCUT2D eigenvalue weighted by Crippen LogP contribution is -2.19. The lowest BCUT2D eigenvalue weighted by molar-refractivity contribution is 0.294. The van der Waals surface area contributed by atoms with E-state index in [9.17, 15) is 0 Å². The van der Waals surface area contributed by atoms with Crippen LogP contribution in [0.4, 0.5) is 5.82 Å². The van der Waals surface area contributed by atoms with Gasteiger partial charge in [0.1, 0.15) is 11.6 Å². The maximum absolute atomic E-state index is 5.74. The molecule has 0 aliphatic rings. The van der Waals surface area contributed by atoms with E-state index in [1.807, 2.05) is 6.07 Å². The van der Waals surface area contributed by atoms with Crippen molar-refractivity contribution >= 4 is 5.82 Å². The number of aromatic nitrogens is 2. The van der Waals surface area contributed by atoms with Crippen molar-refractivity contribution in [3.8, 4) is 5.88 Å². The minimum absolute atomic E-state index is 0.0849. The molecule has 0 saturated heterocycles. The van der Waals surface area contributed by atoms with Gasteiger partial charge in [-0.05, 0) is 12.3 Å². The Labute approximate surface area is 123 Å². The summed E-state index contributed by atoms with van der Waals surface area (Å²) in [6.45, 7) is 14.5. The summed E-state index contributed by atoms with van der Waals surface area (Å²) in [6, 6.07) is 1.90. The minimum atomic E-state index is -0.0849. The van der Waals surface area contributed by atoms with Crippen molar-refractivity contribution < 1.29 is 4.74 Å². The Morgan fingerprint density at radius 2 is 1.95 bits per heavy atom. The van der Waals surface area contributed by atoms with Crippen molar-refractivity contribution in [2.24, 2.45) is 5.92 Å². The maximum Gasteiger partial charge on any atom is 0.218 e. The van der Waals surface area contributed by atoms with E-state index in [1.54, 1.807) is 0 Å². The summed E-state index contributed by atoms with van der Waals surface area (Å²) in [7, 11) is 0. The summed E-state index contributed by atoms with van der Waals surface area (Å²) in [5, 5.41) is 3.36. The van der Waals surface area contributed by atoms with Gasteiger partial charge in [-0.2, -0.15) is 4.98 Å². The number of rotatable bonds is 7. The monoisotopic (exact) mass is 279 g/mol. The van der Waals surface area contributed by atoms with Crippen LogP contribution < -0.4 is 10.1 Å². The van der Waals surface area contributed by atoms with Gasteiger partial charge in [0, 0.05) is 18.0 Å². The topological polar surface area (TPSA) is 47.0 Å². The van der Waals surface area contributed by atoms with Crippen LogP contribution in [-0.4, -0.2) is 23.1 Å². The molecule has 114 valence electrons. The fraction of sp³-hybridized carbons (Fsp3) is 0.750. The van der Waals surface area contributed by atoms with Crippen molar-refractivity contribution in [3.63, 3.8) is 0 Å². The lowest BCUT2D eigenvalue weighted by Gasteiger charge is -2.19. The van der Waals surface area contributed by atoms with Gasteiger partial charge in [-0.15, -0.1) is 0 Å². The second-order valence-electron chi connectivity index (χ2n) is 6.64. The first kappa shape index (κ1) is 16.7. The van der Waals surface area contributed by atoms with Crippen molar-refractivity contribution in [1.82, 2.24) is 9.97 Å². The molecule has 1 N–H and O–H groups in total. The standard InChI is InChI=1S/C16H29N3O/c1-7-8-9-20-14-10-13(17-11-12(2)3)18-15(19-14)16(4,5)6/h10,12H,7-9,11H2,1-6H3,(H,17,18,19). The molecule has 0 radical (unpaired) electrons. The summed E-state index contributed by atoms with van der Waals surface area (Å²) in [4.78, 5) is 9.13. The molecule has 1 aromatic rings. The highest BCUT2D eigenvalue weighted by Gasteiger charge is 2.19. The van der Waals surface area contributed by atoms with Gasteiger partial charge >= 0.3 is 0 Å². The summed E-state index contributed by atoms with van der Waals surface area (Å²) < 4.78 is 5.74. The number of unbranched alkanes of at least 4 members (excludes halogenated alkanes) is 1. The quantitative estimate of drug-likeness (QED) is 0.766. The first-order valence-corrected chi connectivity index (χ1v) is 7.59. The van der Waals surface area contributed by atoms with Gasteiger partial charge in [0.15, 0.2) is 0 Å². The van der Waals surface area contributed by atoms with Crippen molar-refractivity contribution in [3.05, 3.63) is 11.9 Å². The van der Waals surface area contributed by atoms with Gasteiger partial charge in [0.2, 0.25) is 5.88 Å². The molecule has 1 aromatic heterocycles. The Bertz CT molecular complexity index is 411. The van der Waals surface area contributed by atoms with E-state index in [1.165, 1.54) is 0 Å². The van der Waals surface area contributed by atoms with Gasteiger partial charge in [-0.1, -0.05) is 48.0 Å². The molecule has 0 unspecified atom stereocenters. The van der Waals surface area contributed by atoms with Gasteiger partial charge < -0.3 is 10.1 Å². The van der Waals surface area contributed by atoms with E-state index < -0.39 is 0 Å². The second-order valence-corrected chi connectivity index (χ2v) is 6.64. The number of anilines is 1. The fourth-order valence-electron chi connectivity index (χ4n) is 1.55. The summed E-state index contributed by atoms with van der Waals surface area (Å²) in [5.74, 6) is 2.92. The third kappa shape index (κ3) is 5.76. The number of hydrogen-bond donors (Lipinski definition) is 1. The molecule has 0 saturated carbocycles. The van der Waals surface area contributed by atoms with Crippen LogP contribution in [0, 0.1) is 5.92 Å². The fourth-order valence-corrected chi connectivity index (χ4v) is 1.55. The highest BCUT2D eigenvalue weighted by molar-refractivity contribution is 5.39. The van der Waals surface area contributed by atoms with Gasteiger partial charge in [0.05, 0.1) is 6.61 Å². The molecule has 4 heteroatoms. The molecule has 0 spiro atoms. The van der Waals surface area contributed by atoms with Crippen LogP contribution in [0.5, 0.6) is 5.88 Å². The summed E-state index contributed by atoms with van der Waals surface area (Å²) >= 11 is 0. The second kappa shape index (κ2) is 7.46. The molecule has 0 aromatic carbocycles. The zero-order valence-electron chi connectivity index (χ0n) is 13.8. The zero-order chi connectivity index (χ0) is 15.2. The molecule has 0 bridgehead atoms. The van der Waals surface area contributed by atoms with Crippen LogP contribution in [0.25, 0.3) is 0 Å². The predicted molar refractivity (Wildman–Crippen MR) is 84.5 cm³/mol. The van der Waals surface area contributed by atoms with Crippen LogP contribution in [0.2, 0.25) is 0 Å². The van der Waals surface area contributed by atoms with E-state index in [0.29, 0.717) is 18.4 Å². The molecule has 0 atom stereocenters. The number of hydrogen-bond acceptors (Lipinski definition) is 4. The predicted octanol–water partition coefficient (Wildman–Crippen LogP) is 4.02. The van der Waals surface area contributed by atoms with Crippen molar-refractivity contribution in [2.45, 2.75) is 59.8 Å². The summed E-state index contributed by atoms with van der Waals surface area (Å²) in [5.41, 5.74) is -0.0849. The Hall–Kier alpha value is -1.32. The molecule has 0 aliphatic heterocycles. The molecule has 20 heavy (non-hydrogen) atoms. The van der Waals surface area contributed by atoms with Crippen molar-refractivity contribution in [1.29, 1.82) is 0 Å². The van der Waals surface area contributed by atoms with Gasteiger partial charge in [-0.3, -0.25) is 0 Å². The smallest absolute Gasteiger partial charge is 0.218 e. The summed E-state index contributed by atoms with van der Waals surface area (Å²) in [6.07, 6.45) is 2.17. The van der Waals surface area contributed by atoms with E-state index >= 15 is 0 Å². The van der Waals surface area contributed by atoms with E-state index in [0.717, 1.165) is 31.0 Å². The van der Waals surface area contributed by atoms with Crippen LogP contribution in [0.15, 0.2) is 6.07 Å². The van der Waals surface area contributed by atoms with Crippen LogP contribution in [0.3, 0.4) is 0 Å². The lowest BCUT2D eigenvalue weighted by atomic mass is 9.96. The average Bonchev–Trinajstić information content (AvgIpc) is 2.35. The van der Waals surface area contributed by atoms with Gasteiger partial charge in [0.25, 0.3) is 0 Å². The molecule has 0 fully saturated rings. The highest BCUT2D eigenvalue weighted by atomic mass is 16.5. The molecule has 0 amide bonds. The first-order chi connectivity index (χ1) is 9.32. The molecular formula is C16H29N3O. The number of ether oxygens (including phenoxy) is 1. The molecule has 0 aliphatic carbocycles. The third-order valence-electron chi connectivity index (χ3n) is 2.81.